The Morgan fingerprint density at radius 3 is 2.20 bits per heavy atom. The van der Waals surface area contributed by atoms with Crippen LogP contribution < -0.4 is 15.1 Å². The maximum atomic E-state index is 5.90. The van der Waals surface area contributed by atoms with Crippen molar-refractivity contribution in [1.82, 2.24) is 14.9 Å². The number of aromatic nitrogens is 2. The molecule has 2 atom stereocenters. The number of aryl methyl sites for hydroxylation is 2. The van der Waals surface area contributed by atoms with E-state index >= 15 is 0 Å². The van der Waals surface area contributed by atoms with E-state index < -0.39 is 0 Å². The first-order valence-corrected chi connectivity index (χ1v) is 12.3. The van der Waals surface area contributed by atoms with Gasteiger partial charge in [-0.15, -0.1) is 0 Å². The van der Waals surface area contributed by atoms with E-state index in [0.717, 1.165) is 22.2 Å². The summed E-state index contributed by atoms with van der Waals surface area (Å²) in [5.41, 5.74) is 9.26. The van der Waals surface area contributed by atoms with Gasteiger partial charge in [-0.3, -0.25) is 4.98 Å². The number of pyridine rings is 1. The number of anilines is 2. The Morgan fingerprint density at radius 2 is 1.57 bits per heavy atom. The Labute approximate surface area is 213 Å². The Balaban J connectivity index is 1.64. The van der Waals surface area contributed by atoms with Gasteiger partial charge in [-0.05, 0) is 93.1 Å². The lowest BCUT2D eigenvalue weighted by Gasteiger charge is -2.28. The van der Waals surface area contributed by atoms with E-state index in [0.29, 0.717) is 0 Å². The molecule has 35 heavy (non-hydrogen) atoms. The molecule has 3 heterocycles. The third-order valence-corrected chi connectivity index (χ3v) is 7.14. The van der Waals surface area contributed by atoms with Crippen LogP contribution in [-0.4, -0.2) is 28.8 Å². The van der Waals surface area contributed by atoms with Crippen LogP contribution in [-0.2, 0) is 0 Å². The summed E-state index contributed by atoms with van der Waals surface area (Å²) >= 11 is 5.90. The van der Waals surface area contributed by atoms with Crippen LogP contribution >= 0.6 is 12.2 Å². The van der Waals surface area contributed by atoms with Crippen molar-refractivity contribution in [3.05, 3.63) is 107 Å². The van der Waals surface area contributed by atoms with Crippen molar-refractivity contribution in [2.24, 2.45) is 0 Å². The number of nitrogens with zero attached hydrogens (tertiary/aromatic N) is 4. The van der Waals surface area contributed by atoms with Crippen LogP contribution in [0.15, 0.2) is 79.0 Å². The molecule has 1 N–H and O–H groups in total. The van der Waals surface area contributed by atoms with Crippen molar-refractivity contribution in [2.75, 3.05) is 23.9 Å². The molecule has 5 rings (SSSR count). The lowest BCUT2D eigenvalue weighted by Crippen LogP contribution is -2.29. The third kappa shape index (κ3) is 4.19. The molecule has 0 amide bonds. The van der Waals surface area contributed by atoms with Gasteiger partial charge in [-0.1, -0.05) is 23.8 Å². The van der Waals surface area contributed by atoms with Gasteiger partial charge in [0.15, 0.2) is 5.11 Å². The summed E-state index contributed by atoms with van der Waals surface area (Å²) in [5.74, 6) is 0. The molecule has 0 radical (unpaired) electrons. The third-order valence-electron chi connectivity index (χ3n) is 6.82. The molecule has 0 unspecified atom stereocenters. The summed E-state index contributed by atoms with van der Waals surface area (Å²) in [5, 5.41) is 4.29. The SMILES string of the molecule is Cc1ccc(N2C(=S)N[C@H](c3ccccn3)[C@H]2c2cc(C)n(-c3ccc(N(C)C)cc3)c2C)cc1. The first kappa shape index (κ1) is 23.1. The van der Waals surface area contributed by atoms with Crippen molar-refractivity contribution < 1.29 is 0 Å². The van der Waals surface area contributed by atoms with Crippen molar-refractivity contribution in [2.45, 2.75) is 32.9 Å². The standard InChI is InChI=1S/C29H31N5S/c1-19-9-11-24(12-10-19)34-28(27(31-29(34)35)26-8-6-7-17-30-26)25-18-20(2)33(21(25)3)23-15-13-22(14-16-23)32(4)5/h6-18,27-28H,1-5H3,(H,31,35)/t27-,28-/m1/s1. The summed E-state index contributed by atoms with van der Waals surface area (Å²) in [4.78, 5) is 9.06. The second-order valence-electron chi connectivity index (χ2n) is 9.40. The van der Waals surface area contributed by atoms with Crippen LogP contribution in [0.3, 0.4) is 0 Å². The van der Waals surface area contributed by atoms with Crippen molar-refractivity contribution in [3.8, 4) is 5.69 Å². The van der Waals surface area contributed by atoms with E-state index in [-0.39, 0.29) is 12.1 Å². The van der Waals surface area contributed by atoms with Crippen LogP contribution in [0.25, 0.3) is 5.69 Å². The summed E-state index contributed by atoms with van der Waals surface area (Å²) < 4.78 is 2.33. The minimum Gasteiger partial charge on any atom is -0.378 e. The zero-order valence-corrected chi connectivity index (χ0v) is 21.7. The molecule has 1 aliphatic heterocycles. The molecule has 178 valence electrons. The molecule has 5 nitrogen and oxygen atoms in total. The number of nitrogens with one attached hydrogen (secondary N) is 1. The molecule has 0 spiro atoms. The van der Waals surface area contributed by atoms with Gasteiger partial charge in [0.2, 0.25) is 0 Å². The zero-order valence-electron chi connectivity index (χ0n) is 20.9. The van der Waals surface area contributed by atoms with Gasteiger partial charge in [-0.2, -0.15) is 0 Å². The monoisotopic (exact) mass is 481 g/mol. The molecular weight excluding hydrogens is 450 g/mol. The summed E-state index contributed by atoms with van der Waals surface area (Å²) in [6.07, 6.45) is 1.85. The molecule has 0 aliphatic carbocycles. The Hall–Kier alpha value is -3.64. The molecule has 4 aromatic rings. The summed E-state index contributed by atoms with van der Waals surface area (Å²) in [7, 11) is 4.12. The number of rotatable bonds is 5. The van der Waals surface area contributed by atoms with Crippen molar-refractivity contribution in [3.63, 3.8) is 0 Å². The number of hydrogen-bond donors (Lipinski definition) is 1. The highest BCUT2D eigenvalue weighted by molar-refractivity contribution is 7.80. The Bertz CT molecular complexity index is 1340. The average molecular weight is 482 g/mol. The van der Waals surface area contributed by atoms with Crippen molar-refractivity contribution in [1.29, 1.82) is 0 Å². The summed E-state index contributed by atoms with van der Waals surface area (Å²) in [6, 6.07) is 25.5. The van der Waals surface area contributed by atoms with Crippen LogP contribution in [0.5, 0.6) is 0 Å². The van der Waals surface area contributed by atoms with E-state index in [1.165, 1.54) is 28.2 Å². The van der Waals surface area contributed by atoms with Gasteiger partial charge in [-0.25, -0.2) is 0 Å². The van der Waals surface area contributed by atoms with Crippen LogP contribution in [0.1, 0.15) is 40.3 Å². The van der Waals surface area contributed by atoms with Crippen LogP contribution in [0.2, 0.25) is 0 Å². The topological polar surface area (TPSA) is 36.3 Å². The second-order valence-corrected chi connectivity index (χ2v) is 9.79. The number of benzene rings is 2. The predicted molar refractivity (Wildman–Crippen MR) is 149 cm³/mol. The molecule has 0 bridgehead atoms. The zero-order chi connectivity index (χ0) is 24.7. The number of hydrogen-bond acceptors (Lipinski definition) is 3. The minimum absolute atomic E-state index is 0.0268. The molecule has 1 aliphatic rings. The van der Waals surface area contributed by atoms with E-state index in [2.05, 4.69) is 115 Å². The Kier molecular flexibility index (Phi) is 6.07. The van der Waals surface area contributed by atoms with Gasteiger partial charge in [0.25, 0.3) is 0 Å². The molecule has 1 fully saturated rings. The lowest BCUT2D eigenvalue weighted by atomic mass is 9.96. The predicted octanol–water partition coefficient (Wildman–Crippen LogP) is 6.04. The van der Waals surface area contributed by atoms with Crippen LogP contribution in [0, 0.1) is 20.8 Å². The minimum atomic E-state index is -0.0601. The van der Waals surface area contributed by atoms with Gasteiger partial charge < -0.3 is 19.7 Å². The number of thiocarbonyl (C=S) groups is 1. The highest BCUT2D eigenvalue weighted by atomic mass is 32.1. The Morgan fingerprint density at radius 1 is 0.886 bits per heavy atom. The lowest BCUT2D eigenvalue weighted by molar-refractivity contribution is 0.565. The van der Waals surface area contributed by atoms with Gasteiger partial charge in [0.1, 0.15) is 0 Å². The van der Waals surface area contributed by atoms with Crippen LogP contribution in [0.4, 0.5) is 11.4 Å². The van der Waals surface area contributed by atoms with Gasteiger partial charge in [0, 0.05) is 48.7 Å². The fraction of sp³-hybridized carbons (Fsp3) is 0.241. The molecule has 6 heteroatoms. The highest BCUT2D eigenvalue weighted by Gasteiger charge is 2.42. The largest absolute Gasteiger partial charge is 0.378 e. The van der Waals surface area contributed by atoms with E-state index in [4.69, 9.17) is 17.2 Å². The first-order chi connectivity index (χ1) is 16.8. The van der Waals surface area contributed by atoms with Gasteiger partial charge in [0.05, 0.1) is 17.8 Å². The second kappa shape index (κ2) is 9.19. The maximum Gasteiger partial charge on any atom is 0.174 e. The highest BCUT2D eigenvalue weighted by Crippen LogP contribution is 2.43. The van der Waals surface area contributed by atoms with E-state index in [1.54, 1.807) is 0 Å². The van der Waals surface area contributed by atoms with E-state index in [1.807, 2.05) is 18.3 Å². The maximum absolute atomic E-state index is 5.90. The molecule has 0 saturated carbocycles. The summed E-state index contributed by atoms with van der Waals surface area (Å²) in [6.45, 7) is 6.48. The molecule has 2 aromatic heterocycles. The first-order valence-electron chi connectivity index (χ1n) is 11.9. The molecule has 2 aromatic carbocycles. The normalized spacial score (nSPS) is 17.5. The fourth-order valence-electron chi connectivity index (χ4n) is 5.04. The average Bonchev–Trinajstić information content (AvgIpc) is 3.35. The van der Waals surface area contributed by atoms with E-state index in [9.17, 15) is 0 Å². The fourth-order valence-corrected chi connectivity index (χ4v) is 5.38. The quantitative estimate of drug-likeness (QED) is 0.352. The molecular formula is C29H31N5S. The smallest absolute Gasteiger partial charge is 0.174 e. The molecule has 1 saturated heterocycles. The van der Waals surface area contributed by atoms with Crippen molar-refractivity contribution >= 4 is 28.7 Å². The van der Waals surface area contributed by atoms with Gasteiger partial charge >= 0.3 is 0 Å².